The first-order valence-electron chi connectivity index (χ1n) is 9.42. The Balaban J connectivity index is 1.70. The number of carbonyl (C=O) groups excluding carboxylic acids is 2. The minimum absolute atomic E-state index is 0.0130. The molecule has 1 N–H and O–H groups in total. The molecule has 2 amide bonds. The molecule has 2 heterocycles. The monoisotopic (exact) mass is 403 g/mol. The highest BCUT2D eigenvalue weighted by atomic mass is 32.2. The van der Waals surface area contributed by atoms with Crippen LogP contribution in [-0.2, 0) is 0 Å². The molecule has 146 valence electrons. The third kappa shape index (κ3) is 3.76. The van der Waals surface area contributed by atoms with Crippen LogP contribution in [0.4, 0.5) is 11.4 Å². The van der Waals surface area contributed by atoms with Crippen molar-refractivity contribution < 1.29 is 9.59 Å². The Morgan fingerprint density at radius 1 is 1.10 bits per heavy atom. The smallest absolute Gasteiger partial charge is 0.261 e. The number of carbonyl (C=O) groups is 2. The highest BCUT2D eigenvalue weighted by molar-refractivity contribution is 7.99. The first-order valence-corrected chi connectivity index (χ1v) is 10.2. The van der Waals surface area contributed by atoms with Gasteiger partial charge in [0.15, 0.2) is 0 Å². The van der Waals surface area contributed by atoms with E-state index in [2.05, 4.69) is 10.3 Å². The van der Waals surface area contributed by atoms with Crippen molar-refractivity contribution >= 4 is 35.0 Å². The molecule has 6 heteroatoms. The molecule has 0 fully saturated rings. The van der Waals surface area contributed by atoms with Crippen LogP contribution in [0.15, 0.2) is 70.7 Å². The SMILES string of the molecule is Cc1ccc(C(=O)Nc2ccc3c(c2)Sc2ncccc2C(=O)N3C(C)C)cc1. The number of aryl methyl sites for hydroxylation is 1. The van der Waals surface area contributed by atoms with Gasteiger partial charge in [0.2, 0.25) is 0 Å². The number of hydrogen-bond acceptors (Lipinski definition) is 4. The molecule has 1 aliphatic rings. The highest BCUT2D eigenvalue weighted by Gasteiger charge is 2.30. The fourth-order valence-electron chi connectivity index (χ4n) is 3.27. The first-order chi connectivity index (χ1) is 13.9. The lowest BCUT2D eigenvalue weighted by atomic mass is 10.1. The molecule has 0 radical (unpaired) electrons. The molecule has 0 spiro atoms. The van der Waals surface area contributed by atoms with Crippen LogP contribution in [-0.4, -0.2) is 22.8 Å². The summed E-state index contributed by atoms with van der Waals surface area (Å²) < 4.78 is 0. The highest BCUT2D eigenvalue weighted by Crippen LogP contribution is 2.42. The molecule has 0 bridgehead atoms. The number of fused-ring (bicyclic) bond motifs is 2. The van der Waals surface area contributed by atoms with E-state index >= 15 is 0 Å². The van der Waals surface area contributed by atoms with Crippen LogP contribution in [0, 0.1) is 6.92 Å². The van der Waals surface area contributed by atoms with Crippen LogP contribution in [0.5, 0.6) is 0 Å². The molecule has 0 saturated heterocycles. The lowest BCUT2D eigenvalue weighted by Crippen LogP contribution is -2.37. The Morgan fingerprint density at radius 3 is 2.59 bits per heavy atom. The summed E-state index contributed by atoms with van der Waals surface area (Å²) in [5.74, 6) is -0.232. The van der Waals surface area contributed by atoms with Crippen LogP contribution in [0.1, 0.15) is 40.1 Å². The molecule has 3 aromatic rings. The van der Waals surface area contributed by atoms with Crippen molar-refractivity contribution in [1.29, 1.82) is 0 Å². The molecule has 1 aromatic heterocycles. The number of amides is 2. The van der Waals surface area contributed by atoms with Gasteiger partial charge in [-0.1, -0.05) is 29.5 Å². The molecule has 1 aliphatic heterocycles. The third-order valence-electron chi connectivity index (χ3n) is 4.73. The van der Waals surface area contributed by atoms with Crippen molar-refractivity contribution in [3.63, 3.8) is 0 Å². The lowest BCUT2D eigenvalue weighted by Gasteiger charge is -2.27. The second-order valence-electron chi connectivity index (χ2n) is 7.23. The summed E-state index contributed by atoms with van der Waals surface area (Å²) in [6.45, 7) is 5.96. The summed E-state index contributed by atoms with van der Waals surface area (Å²) in [5, 5.41) is 3.62. The zero-order valence-electron chi connectivity index (χ0n) is 16.5. The number of pyridine rings is 1. The van der Waals surface area contributed by atoms with E-state index in [-0.39, 0.29) is 17.9 Å². The number of nitrogens with zero attached hydrogens (tertiary/aromatic N) is 2. The fraction of sp³-hybridized carbons (Fsp3) is 0.174. The van der Waals surface area contributed by atoms with Gasteiger partial charge in [0.05, 0.1) is 11.3 Å². The molecular formula is C23H21N3O2S. The van der Waals surface area contributed by atoms with Gasteiger partial charge < -0.3 is 10.2 Å². The number of benzene rings is 2. The third-order valence-corrected chi connectivity index (χ3v) is 5.80. The van der Waals surface area contributed by atoms with Crippen molar-refractivity contribution in [2.75, 3.05) is 10.2 Å². The predicted molar refractivity (Wildman–Crippen MR) is 116 cm³/mol. The van der Waals surface area contributed by atoms with E-state index in [1.807, 2.05) is 63.2 Å². The Morgan fingerprint density at radius 2 is 1.86 bits per heavy atom. The van der Waals surface area contributed by atoms with Gasteiger partial charge in [-0.05, 0) is 63.2 Å². The van der Waals surface area contributed by atoms with E-state index < -0.39 is 0 Å². The zero-order chi connectivity index (χ0) is 20.5. The number of nitrogens with one attached hydrogen (secondary N) is 1. The van der Waals surface area contributed by atoms with E-state index in [0.717, 1.165) is 16.1 Å². The molecule has 5 nitrogen and oxygen atoms in total. The van der Waals surface area contributed by atoms with Crippen molar-refractivity contribution in [1.82, 2.24) is 4.98 Å². The Bertz CT molecular complexity index is 1090. The standard InChI is InChI=1S/C23H21N3O2S/c1-14(2)26-19-11-10-17(25-21(27)16-8-6-15(3)7-9-16)13-20(19)29-22-18(23(26)28)5-4-12-24-22/h4-14H,1-3H3,(H,25,27). The molecule has 29 heavy (non-hydrogen) atoms. The van der Waals surface area contributed by atoms with Crippen molar-refractivity contribution in [2.45, 2.75) is 36.7 Å². The lowest BCUT2D eigenvalue weighted by molar-refractivity contribution is 0.0975. The second kappa shape index (κ2) is 7.72. The normalized spacial score (nSPS) is 13.0. The Hall–Kier alpha value is -3.12. The second-order valence-corrected chi connectivity index (χ2v) is 8.26. The van der Waals surface area contributed by atoms with E-state index in [4.69, 9.17) is 0 Å². The molecule has 0 saturated carbocycles. The van der Waals surface area contributed by atoms with Gasteiger partial charge in [0.1, 0.15) is 5.03 Å². The van der Waals surface area contributed by atoms with Crippen molar-refractivity contribution in [3.8, 4) is 0 Å². The van der Waals surface area contributed by atoms with Crippen molar-refractivity contribution in [2.24, 2.45) is 0 Å². The number of rotatable bonds is 3. The minimum Gasteiger partial charge on any atom is -0.322 e. The minimum atomic E-state index is -0.168. The topological polar surface area (TPSA) is 62.3 Å². The molecular weight excluding hydrogens is 382 g/mol. The largest absolute Gasteiger partial charge is 0.322 e. The molecule has 2 aromatic carbocycles. The Labute approximate surface area is 174 Å². The molecule has 0 unspecified atom stereocenters. The van der Waals surface area contributed by atoms with Crippen LogP contribution in [0.2, 0.25) is 0 Å². The van der Waals surface area contributed by atoms with Gasteiger partial charge in [-0.15, -0.1) is 0 Å². The van der Waals surface area contributed by atoms with Gasteiger partial charge in [-0.3, -0.25) is 9.59 Å². The first kappa shape index (κ1) is 19.2. The maximum absolute atomic E-state index is 13.1. The van der Waals surface area contributed by atoms with E-state index in [9.17, 15) is 9.59 Å². The maximum atomic E-state index is 13.1. The van der Waals surface area contributed by atoms with Crippen molar-refractivity contribution in [3.05, 3.63) is 77.5 Å². The van der Waals surface area contributed by atoms with Gasteiger partial charge in [0, 0.05) is 28.4 Å². The number of hydrogen-bond donors (Lipinski definition) is 1. The molecule has 0 aliphatic carbocycles. The van der Waals surface area contributed by atoms with E-state index in [1.165, 1.54) is 11.8 Å². The molecule has 0 atom stereocenters. The van der Waals surface area contributed by atoms with Gasteiger partial charge in [-0.2, -0.15) is 0 Å². The Kier molecular flexibility index (Phi) is 5.11. The maximum Gasteiger partial charge on any atom is 0.261 e. The van der Waals surface area contributed by atoms with Gasteiger partial charge >= 0.3 is 0 Å². The van der Waals surface area contributed by atoms with Gasteiger partial charge in [0.25, 0.3) is 11.8 Å². The molecule has 4 rings (SSSR count). The average Bonchev–Trinajstić information content (AvgIpc) is 2.82. The van der Waals surface area contributed by atoms with Crippen LogP contribution >= 0.6 is 11.8 Å². The summed E-state index contributed by atoms with van der Waals surface area (Å²) in [6, 6.07) is 16.6. The average molecular weight is 404 g/mol. The number of aromatic nitrogens is 1. The summed E-state index contributed by atoms with van der Waals surface area (Å²) >= 11 is 1.44. The van der Waals surface area contributed by atoms with Crippen LogP contribution < -0.4 is 10.2 Å². The number of anilines is 2. The van der Waals surface area contributed by atoms with Gasteiger partial charge in [-0.25, -0.2) is 4.98 Å². The van der Waals surface area contributed by atoms with Crippen LogP contribution in [0.3, 0.4) is 0 Å². The summed E-state index contributed by atoms with van der Waals surface area (Å²) in [6.07, 6.45) is 1.69. The predicted octanol–water partition coefficient (Wildman–Crippen LogP) is 5.16. The summed E-state index contributed by atoms with van der Waals surface area (Å²) in [5.41, 5.74) is 3.79. The zero-order valence-corrected chi connectivity index (χ0v) is 17.3. The van der Waals surface area contributed by atoms with E-state index in [1.54, 1.807) is 23.2 Å². The fourth-order valence-corrected chi connectivity index (χ4v) is 4.32. The summed E-state index contributed by atoms with van der Waals surface area (Å²) in [4.78, 5) is 32.8. The summed E-state index contributed by atoms with van der Waals surface area (Å²) in [7, 11) is 0. The van der Waals surface area contributed by atoms with Crippen LogP contribution in [0.25, 0.3) is 0 Å². The quantitative estimate of drug-likeness (QED) is 0.656. The van der Waals surface area contributed by atoms with E-state index in [0.29, 0.717) is 21.8 Å².